The van der Waals surface area contributed by atoms with Crippen LogP contribution in [0.25, 0.3) is 0 Å². The van der Waals surface area contributed by atoms with Gasteiger partial charge in [-0.25, -0.2) is 14.6 Å². The average molecular weight is 308 g/mol. The molecule has 0 unspecified atom stereocenters. The topological polar surface area (TPSA) is 107 Å². The van der Waals surface area contributed by atoms with Crippen molar-refractivity contribution in [2.24, 2.45) is 0 Å². The Morgan fingerprint density at radius 3 is 2.95 bits per heavy atom. The van der Waals surface area contributed by atoms with Crippen LogP contribution in [0.2, 0.25) is 0 Å². The smallest absolute Gasteiger partial charge is 0.326 e. The lowest BCUT2D eigenvalue weighted by Gasteiger charge is -2.14. The monoisotopic (exact) mass is 308 g/mol. The molecule has 21 heavy (non-hydrogen) atoms. The number of hydrogen-bond donors (Lipinski definition) is 4. The molecule has 0 radical (unpaired) electrons. The summed E-state index contributed by atoms with van der Waals surface area (Å²) < 4.78 is 0. The van der Waals surface area contributed by atoms with Gasteiger partial charge in [-0.3, -0.25) is 0 Å². The predicted octanol–water partition coefficient (Wildman–Crippen LogP) is 1.01. The fourth-order valence-electron chi connectivity index (χ4n) is 1.78. The first-order valence-corrected chi connectivity index (χ1v) is 7.35. The Morgan fingerprint density at radius 1 is 1.48 bits per heavy atom. The van der Waals surface area contributed by atoms with Crippen molar-refractivity contribution in [2.75, 3.05) is 6.54 Å². The molecule has 0 aliphatic carbocycles. The molecular formula is C13H16N4O3S. The van der Waals surface area contributed by atoms with Crippen molar-refractivity contribution in [1.29, 1.82) is 0 Å². The Hall–Kier alpha value is -2.35. The number of aromatic nitrogens is 2. The fourth-order valence-corrected chi connectivity index (χ4v) is 2.48. The third kappa shape index (κ3) is 4.92. The molecule has 2 heterocycles. The Bertz CT molecular complexity index is 568. The highest BCUT2D eigenvalue weighted by Crippen LogP contribution is 2.05. The number of rotatable bonds is 7. The molecule has 2 rings (SSSR count). The van der Waals surface area contributed by atoms with E-state index in [1.807, 2.05) is 16.8 Å². The minimum Gasteiger partial charge on any atom is -0.480 e. The number of imidazole rings is 1. The maximum absolute atomic E-state index is 11.7. The van der Waals surface area contributed by atoms with Gasteiger partial charge in [-0.1, -0.05) is 0 Å². The van der Waals surface area contributed by atoms with E-state index in [0.717, 1.165) is 12.0 Å². The number of H-pyrrole nitrogens is 1. The molecule has 0 spiro atoms. The molecule has 2 amide bonds. The molecule has 1 atom stereocenters. The summed E-state index contributed by atoms with van der Waals surface area (Å²) in [7, 11) is 0. The van der Waals surface area contributed by atoms with E-state index >= 15 is 0 Å². The second kappa shape index (κ2) is 7.44. The third-order valence-electron chi connectivity index (χ3n) is 2.86. The number of aliphatic carboxylic acids is 1. The van der Waals surface area contributed by atoms with Gasteiger partial charge < -0.3 is 20.7 Å². The molecule has 0 saturated heterocycles. The Labute approximate surface area is 125 Å². The van der Waals surface area contributed by atoms with E-state index in [1.54, 1.807) is 11.3 Å². The molecule has 8 heteroatoms. The number of carbonyl (C=O) groups excluding carboxylic acids is 1. The van der Waals surface area contributed by atoms with Gasteiger partial charge in [0.1, 0.15) is 6.04 Å². The number of amides is 2. The van der Waals surface area contributed by atoms with Gasteiger partial charge >= 0.3 is 12.0 Å². The van der Waals surface area contributed by atoms with E-state index in [0.29, 0.717) is 12.2 Å². The van der Waals surface area contributed by atoms with Gasteiger partial charge in [0, 0.05) is 24.9 Å². The molecule has 0 aliphatic rings. The Morgan fingerprint density at radius 2 is 2.33 bits per heavy atom. The molecular weight excluding hydrogens is 292 g/mol. The summed E-state index contributed by atoms with van der Waals surface area (Å²) in [6.07, 6.45) is 3.88. The Balaban J connectivity index is 1.76. The number of carbonyl (C=O) groups is 2. The normalized spacial score (nSPS) is 11.8. The minimum atomic E-state index is -1.09. The molecule has 2 aromatic heterocycles. The summed E-state index contributed by atoms with van der Waals surface area (Å²) in [5, 5.41) is 18.2. The van der Waals surface area contributed by atoms with Crippen LogP contribution < -0.4 is 10.6 Å². The van der Waals surface area contributed by atoms with E-state index < -0.39 is 18.0 Å². The molecule has 0 aromatic carbocycles. The van der Waals surface area contributed by atoms with Crippen LogP contribution in [-0.2, 0) is 17.6 Å². The van der Waals surface area contributed by atoms with Crippen molar-refractivity contribution in [3.8, 4) is 0 Å². The van der Waals surface area contributed by atoms with Gasteiger partial charge in [0.25, 0.3) is 0 Å². The summed E-state index contributed by atoms with van der Waals surface area (Å²) >= 11 is 1.60. The zero-order valence-corrected chi connectivity index (χ0v) is 12.0. The summed E-state index contributed by atoms with van der Waals surface area (Å²) in [5.41, 5.74) is 1.80. The van der Waals surface area contributed by atoms with Gasteiger partial charge in [0.2, 0.25) is 0 Å². The average Bonchev–Trinajstić information content (AvgIpc) is 3.10. The van der Waals surface area contributed by atoms with Crippen LogP contribution in [0.15, 0.2) is 29.4 Å². The summed E-state index contributed by atoms with van der Waals surface area (Å²) in [6, 6.07) is 0.506. The molecule has 4 N–H and O–H groups in total. The number of urea groups is 1. The summed E-state index contributed by atoms with van der Waals surface area (Å²) in [5.74, 6) is -1.09. The highest BCUT2D eigenvalue weighted by atomic mass is 32.1. The number of hydrogen-bond acceptors (Lipinski definition) is 4. The lowest BCUT2D eigenvalue weighted by molar-refractivity contribution is -0.139. The molecule has 0 saturated carbocycles. The van der Waals surface area contributed by atoms with Crippen molar-refractivity contribution < 1.29 is 14.7 Å². The lowest BCUT2D eigenvalue weighted by atomic mass is 10.1. The van der Waals surface area contributed by atoms with Gasteiger partial charge in [-0.05, 0) is 28.8 Å². The number of nitrogens with zero attached hydrogens (tertiary/aromatic N) is 1. The van der Waals surface area contributed by atoms with Crippen LogP contribution in [-0.4, -0.2) is 39.7 Å². The van der Waals surface area contributed by atoms with Crippen LogP contribution in [0.1, 0.15) is 11.3 Å². The first-order valence-electron chi connectivity index (χ1n) is 6.40. The van der Waals surface area contributed by atoms with E-state index in [2.05, 4.69) is 20.6 Å². The quantitative estimate of drug-likeness (QED) is 0.612. The largest absolute Gasteiger partial charge is 0.480 e. The highest BCUT2D eigenvalue weighted by Gasteiger charge is 2.20. The summed E-state index contributed by atoms with van der Waals surface area (Å²) in [4.78, 5) is 29.5. The number of carboxylic acids is 1. The lowest BCUT2D eigenvalue weighted by Crippen LogP contribution is -2.47. The van der Waals surface area contributed by atoms with Crippen LogP contribution in [0.4, 0.5) is 4.79 Å². The zero-order chi connectivity index (χ0) is 15.1. The van der Waals surface area contributed by atoms with Gasteiger partial charge in [0.15, 0.2) is 0 Å². The number of aromatic amines is 1. The molecule has 0 aliphatic heterocycles. The maximum atomic E-state index is 11.7. The fraction of sp³-hybridized carbons (Fsp3) is 0.308. The molecule has 0 bridgehead atoms. The van der Waals surface area contributed by atoms with Crippen molar-refractivity contribution in [2.45, 2.75) is 18.9 Å². The molecule has 7 nitrogen and oxygen atoms in total. The van der Waals surface area contributed by atoms with Crippen molar-refractivity contribution >= 4 is 23.3 Å². The number of thiophene rings is 1. The van der Waals surface area contributed by atoms with Crippen LogP contribution in [0, 0.1) is 0 Å². The predicted molar refractivity (Wildman–Crippen MR) is 78.3 cm³/mol. The van der Waals surface area contributed by atoms with E-state index in [4.69, 9.17) is 5.11 Å². The van der Waals surface area contributed by atoms with Gasteiger partial charge in [-0.15, -0.1) is 0 Å². The van der Waals surface area contributed by atoms with Gasteiger partial charge in [0.05, 0.1) is 6.33 Å². The highest BCUT2D eigenvalue weighted by molar-refractivity contribution is 7.07. The Kier molecular flexibility index (Phi) is 5.33. The van der Waals surface area contributed by atoms with Crippen molar-refractivity contribution in [3.63, 3.8) is 0 Å². The van der Waals surface area contributed by atoms with Crippen LogP contribution in [0.3, 0.4) is 0 Å². The van der Waals surface area contributed by atoms with Crippen LogP contribution >= 0.6 is 11.3 Å². The number of nitrogens with one attached hydrogen (secondary N) is 3. The number of carboxylic acid groups (broad SMARTS) is 1. The van der Waals surface area contributed by atoms with Gasteiger partial charge in [-0.2, -0.15) is 11.3 Å². The molecule has 112 valence electrons. The second-order valence-corrected chi connectivity index (χ2v) is 5.23. The molecule has 2 aromatic rings. The van der Waals surface area contributed by atoms with Crippen molar-refractivity contribution in [1.82, 2.24) is 20.6 Å². The van der Waals surface area contributed by atoms with E-state index in [-0.39, 0.29) is 6.42 Å². The molecule has 0 fully saturated rings. The van der Waals surface area contributed by atoms with E-state index in [1.165, 1.54) is 12.5 Å². The van der Waals surface area contributed by atoms with E-state index in [9.17, 15) is 9.59 Å². The second-order valence-electron chi connectivity index (χ2n) is 4.45. The van der Waals surface area contributed by atoms with Crippen LogP contribution in [0.5, 0.6) is 0 Å². The maximum Gasteiger partial charge on any atom is 0.326 e. The SMILES string of the molecule is O=C(NCCc1ccsc1)N[C@@H](Cc1cnc[nH]1)C(=O)O. The first kappa shape index (κ1) is 15.0. The van der Waals surface area contributed by atoms with Crippen molar-refractivity contribution in [3.05, 3.63) is 40.6 Å². The first-order chi connectivity index (χ1) is 10.1. The zero-order valence-electron chi connectivity index (χ0n) is 11.2. The minimum absolute atomic E-state index is 0.160. The third-order valence-corrected chi connectivity index (χ3v) is 3.59. The standard InChI is InChI=1S/C13H16N4O3S/c18-12(19)11(5-10-6-14-8-16-10)17-13(20)15-3-1-9-2-4-21-7-9/h2,4,6-8,11H,1,3,5H2,(H,14,16)(H,18,19)(H2,15,17,20)/t11-/m0/s1. The summed E-state index contributed by atoms with van der Waals surface area (Å²) in [6.45, 7) is 0.457.